The minimum Gasteiger partial charge on any atom is -0.481 e. The monoisotopic (exact) mass is 481 g/mol. The van der Waals surface area contributed by atoms with Crippen LogP contribution in [-0.4, -0.2) is 36.0 Å². The number of aromatic nitrogens is 5. The zero-order valence-electron chi connectivity index (χ0n) is 18.0. The molecule has 8 nitrogen and oxygen atoms in total. The lowest BCUT2D eigenvalue weighted by atomic mass is 9.57. The molecule has 2 N–H and O–H groups in total. The van der Waals surface area contributed by atoms with Crippen molar-refractivity contribution in [2.24, 2.45) is 23.7 Å². The van der Waals surface area contributed by atoms with Gasteiger partial charge < -0.3 is 14.5 Å². The molecule has 4 heterocycles. The molecule has 10 heteroatoms. The van der Waals surface area contributed by atoms with Gasteiger partial charge in [-0.3, -0.25) is 4.79 Å². The van der Waals surface area contributed by atoms with Crippen LogP contribution in [0.15, 0.2) is 35.2 Å². The topological polar surface area (TPSA) is 118 Å². The number of nitrogens with zero attached hydrogens (tertiary/aromatic N) is 4. The molecule has 3 saturated carbocycles. The Bertz CT molecular complexity index is 1380. The van der Waals surface area contributed by atoms with Gasteiger partial charge in [0, 0.05) is 6.20 Å². The number of furan rings is 1. The zero-order valence-corrected chi connectivity index (χ0v) is 18.8. The van der Waals surface area contributed by atoms with E-state index in [2.05, 4.69) is 24.9 Å². The minimum atomic E-state index is -0.802. The first kappa shape index (κ1) is 21.2. The normalized spacial score (nSPS) is 24.1. The summed E-state index contributed by atoms with van der Waals surface area (Å²) >= 11 is 5.96. The number of carbonyl (C=O) groups is 1. The van der Waals surface area contributed by atoms with Crippen LogP contribution in [0.4, 0.5) is 4.39 Å². The Kier molecular flexibility index (Phi) is 5.09. The number of carboxylic acids is 1. The maximum atomic E-state index is 15.8. The van der Waals surface area contributed by atoms with Gasteiger partial charge in [0.1, 0.15) is 16.4 Å². The smallest absolute Gasteiger partial charge is 0.307 e. The molecule has 3 aliphatic rings. The molecule has 0 saturated heterocycles. The summed E-state index contributed by atoms with van der Waals surface area (Å²) in [6.45, 7) is 0. The molecular formula is C24H21ClFN5O3. The van der Waals surface area contributed by atoms with Crippen LogP contribution in [0.5, 0.6) is 0 Å². The molecule has 0 spiro atoms. The summed E-state index contributed by atoms with van der Waals surface area (Å²) < 4.78 is 21.2. The third kappa shape index (κ3) is 3.46. The molecule has 34 heavy (non-hydrogen) atoms. The summed E-state index contributed by atoms with van der Waals surface area (Å²) in [7, 11) is 0. The number of carboxylic acid groups (broad SMARTS) is 1. The summed E-state index contributed by atoms with van der Waals surface area (Å²) in [5.41, 5.74) is 1.75. The largest absolute Gasteiger partial charge is 0.481 e. The Hall–Kier alpha value is -3.33. The van der Waals surface area contributed by atoms with E-state index in [1.807, 2.05) is 0 Å². The first-order valence-corrected chi connectivity index (χ1v) is 11.7. The fourth-order valence-electron chi connectivity index (χ4n) is 5.85. The molecule has 2 atom stereocenters. The standard InChI is InChI=1S/C24H21ClFN5O3/c25-17-10-27-20-14(9-28-23(20)30-17)22-29-15(19(26)21(31-22)16-2-1-7-34-16)8-13-11-3-5-12(6-4-11)18(13)24(32)33/h1-2,7,9-13,18H,3-6,8H2,(H,28,30)(H,32,33)/t11?,12?,13-,18-/m0/s1. The first-order chi connectivity index (χ1) is 16.5. The van der Waals surface area contributed by atoms with Crippen molar-refractivity contribution in [1.29, 1.82) is 0 Å². The predicted molar refractivity (Wildman–Crippen MR) is 121 cm³/mol. The van der Waals surface area contributed by atoms with Crippen molar-refractivity contribution in [2.45, 2.75) is 32.1 Å². The average Bonchev–Trinajstić information content (AvgIpc) is 3.51. The molecule has 174 valence electrons. The SMILES string of the molecule is O=C(O)[C@H]1C2CCC(CC2)[C@@H]1Cc1nc(-c2c[nH]c3nc(Cl)cnc23)nc(-c2ccco2)c1F. The molecule has 4 aromatic rings. The molecular weight excluding hydrogens is 461 g/mol. The Morgan fingerprint density at radius 3 is 2.74 bits per heavy atom. The number of aliphatic carboxylic acids is 1. The summed E-state index contributed by atoms with van der Waals surface area (Å²) in [6.07, 6.45) is 8.56. The molecule has 0 aliphatic heterocycles. The fraction of sp³-hybridized carbons (Fsp3) is 0.375. The molecule has 3 fully saturated rings. The van der Waals surface area contributed by atoms with Crippen molar-refractivity contribution >= 4 is 28.7 Å². The van der Waals surface area contributed by atoms with Gasteiger partial charge in [0.2, 0.25) is 0 Å². The molecule has 4 aromatic heterocycles. The van der Waals surface area contributed by atoms with E-state index in [0.29, 0.717) is 16.7 Å². The lowest BCUT2D eigenvalue weighted by Crippen LogP contribution is -2.45. The highest BCUT2D eigenvalue weighted by Crippen LogP contribution is 2.50. The van der Waals surface area contributed by atoms with Crippen LogP contribution in [0, 0.1) is 29.5 Å². The molecule has 7 rings (SSSR count). The number of fused-ring (bicyclic) bond motifs is 4. The van der Waals surface area contributed by atoms with Gasteiger partial charge in [-0.1, -0.05) is 11.6 Å². The van der Waals surface area contributed by atoms with Crippen LogP contribution in [0.2, 0.25) is 5.15 Å². The van der Waals surface area contributed by atoms with Gasteiger partial charge in [-0.2, -0.15) is 0 Å². The zero-order chi connectivity index (χ0) is 23.4. The number of hydrogen-bond donors (Lipinski definition) is 2. The van der Waals surface area contributed by atoms with Gasteiger partial charge in [-0.15, -0.1) is 0 Å². The Morgan fingerprint density at radius 2 is 2.00 bits per heavy atom. The van der Waals surface area contributed by atoms with E-state index >= 15 is 4.39 Å². The molecule has 3 aliphatic carbocycles. The second-order valence-corrected chi connectivity index (χ2v) is 9.52. The van der Waals surface area contributed by atoms with Crippen LogP contribution in [0.1, 0.15) is 31.4 Å². The van der Waals surface area contributed by atoms with Crippen molar-refractivity contribution < 1.29 is 18.7 Å². The number of rotatable bonds is 5. The van der Waals surface area contributed by atoms with E-state index in [1.165, 1.54) is 12.5 Å². The van der Waals surface area contributed by atoms with Crippen molar-refractivity contribution in [3.8, 4) is 22.8 Å². The van der Waals surface area contributed by atoms with Crippen molar-refractivity contribution in [1.82, 2.24) is 24.9 Å². The molecule has 0 aromatic carbocycles. The molecule has 2 bridgehead atoms. The van der Waals surface area contributed by atoms with Crippen molar-refractivity contribution in [2.75, 3.05) is 0 Å². The van der Waals surface area contributed by atoms with Crippen LogP contribution in [-0.2, 0) is 11.2 Å². The van der Waals surface area contributed by atoms with Gasteiger partial charge in [-0.25, -0.2) is 24.3 Å². The first-order valence-electron chi connectivity index (χ1n) is 11.3. The lowest BCUT2D eigenvalue weighted by Gasteiger charge is -2.46. The second-order valence-electron chi connectivity index (χ2n) is 9.13. The fourth-order valence-corrected chi connectivity index (χ4v) is 5.98. The second kappa shape index (κ2) is 8.16. The van der Waals surface area contributed by atoms with Crippen molar-refractivity contribution in [3.05, 3.63) is 47.5 Å². The molecule has 0 radical (unpaired) electrons. The maximum absolute atomic E-state index is 15.8. The number of aromatic amines is 1. The summed E-state index contributed by atoms with van der Waals surface area (Å²) in [4.78, 5) is 32.8. The highest BCUT2D eigenvalue weighted by atomic mass is 35.5. The van der Waals surface area contributed by atoms with Crippen molar-refractivity contribution in [3.63, 3.8) is 0 Å². The molecule has 0 unspecified atom stereocenters. The third-order valence-corrected chi connectivity index (χ3v) is 7.55. The van der Waals surface area contributed by atoms with Gasteiger partial charge in [0.05, 0.1) is 29.6 Å². The summed E-state index contributed by atoms with van der Waals surface area (Å²) in [5.74, 6) is -1.13. The van der Waals surface area contributed by atoms with E-state index in [-0.39, 0.29) is 52.3 Å². The quantitative estimate of drug-likeness (QED) is 0.404. The Balaban J connectivity index is 1.48. The van der Waals surface area contributed by atoms with Crippen LogP contribution < -0.4 is 0 Å². The Labute approximate surface area is 198 Å². The van der Waals surface area contributed by atoms with Crippen LogP contribution in [0.3, 0.4) is 0 Å². The van der Waals surface area contributed by atoms with E-state index in [4.69, 9.17) is 16.0 Å². The number of H-pyrrole nitrogens is 1. The van der Waals surface area contributed by atoms with E-state index < -0.39 is 17.7 Å². The molecule has 0 amide bonds. The van der Waals surface area contributed by atoms with Crippen LogP contribution in [0.25, 0.3) is 34.0 Å². The highest BCUT2D eigenvalue weighted by molar-refractivity contribution is 6.29. The van der Waals surface area contributed by atoms with Gasteiger partial charge in [-0.05, 0) is 62.0 Å². The Morgan fingerprint density at radius 1 is 1.21 bits per heavy atom. The summed E-state index contributed by atoms with van der Waals surface area (Å²) in [6, 6.07) is 3.30. The summed E-state index contributed by atoms with van der Waals surface area (Å²) in [5, 5.41) is 10.2. The number of halogens is 2. The van der Waals surface area contributed by atoms with Gasteiger partial charge in [0.25, 0.3) is 0 Å². The van der Waals surface area contributed by atoms with Crippen LogP contribution >= 0.6 is 11.6 Å². The lowest BCUT2D eigenvalue weighted by molar-refractivity contribution is -0.152. The van der Waals surface area contributed by atoms with E-state index in [1.54, 1.807) is 18.3 Å². The number of nitrogens with one attached hydrogen (secondary N) is 1. The maximum Gasteiger partial charge on any atom is 0.307 e. The van der Waals surface area contributed by atoms with E-state index in [0.717, 1.165) is 25.7 Å². The number of hydrogen-bond acceptors (Lipinski definition) is 6. The highest BCUT2D eigenvalue weighted by Gasteiger charge is 2.47. The van der Waals surface area contributed by atoms with Gasteiger partial charge >= 0.3 is 5.97 Å². The minimum absolute atomic E-state index is 0.0362. The van der Waals surface area contributed by atoms with Gasteiger partial charge in [0.15, 0.2) is 23.0 Å². The van der Waals surface area contributed by atoms with E-state index in [9.17, 15) is 9.90 Å². The third-order valence-electron chi connectivity index (χ3n) is 7.37. The predicted octanol–water partition coefficient (Wildman–Crippen LogP) is 5.15. The average molecular weight is 482 g/mol.